The van der Waals surface area contributed by atoms with Gasteiger partial charge in [0.1, 0.15) is 51.3 Å². The minimum absolute atomic E-state index is 0. The van der Waals surface area contributed by atoms with Crippen molar-refractivity contribution in [3.05, 3.63) is 103 Å². The second-order valence-electron chi connectivity index (χ2n) is 23.8. The average molecular weight is 1500 g/mol. The van der Waals surface area contributed by atoms with E-state index in [4.69, 9.17) is 30.0 Å². The molecule has 2 aliphatic heterocycles. The van der Waals surface area contributed by atoms with Gasteiger partial charge in [-0.15, -0.1) is 12.4 Å². The number of halogens is 2. The third-order valence-electron chi connectivity index (χ3n) is 16.8. The number of aliphatic hydroxyl groups excluding tert-OH is 4. The highest BCUT2D eigenvalue weighted by Crippen LogP contribution is 2.36. The molecule has 11 rings (SSSR count). The Bertz CT molecular complexity index is 4710. The summed E-state index contributed by atoms with van der Waals surface area (Å²) in [5.41, 5.74) is 4.42. The molecular weight excluding hydrogens is 1420 g/mol. The number of aryl methyl sites for hydroxylation is 6. The van der Waals surface area contributed by atoms with Gasteiger partial charge >= 0.3 is 0 Å². The first-order valence-corrected chi connectivity index (χ1v) is 38.2. The molecule has 0 bridgehead atoms. The van der Waals surface area contributed by atoms with Crippen molar-refractivity contribution in [2.45, 2.75) is 133 Å². The zero-order chi connectivity index (χ0) is 73.0. The normalized spacial score (nSPS) is 14.6. The van der Waals surface area contributed by atoms with Gasteiger partial charge < -0.3 is 54.9 Å². The summed E-state index contributed by atoms with van der Waals surface area (Å²) in [6.45, 7) is 14.5. The predicted molar refractivity (Wildman–Crippen MR) is 383 cm³/mol. The van der Waals surface area contributed by atoms with E-state index in [9.17, 15) is 59.5 Å². The number of piperidine rings is 2. The van der Waals surface area contributed by atoms with Crippen molar-refractivity contribution in [1.29, 1.82) is 0 Å². The lowest BCUT2D eigenvalue weighted by atomic mass is 9.93. The monoisotopic (exact) mass is 1500 g/mol. The lowest BCUT2D eigenvalue weighted by Crippen LogP contribution is -2.41. The quantitative estimate of drug-likeness (QED) is 0.0273. The van der Waals surface area contributed by atoms with Crippen LogP contribution in [0.4, 0.5) is 0 Å². The molecule has 0 saturated carbocycles. The molecule has 0 radical (unpaired) electrons. The Kier molecular flexibility index (Phi) is 28.3. The van der Waals surface area contributed by atoms with E-state index in [1.807, 2.05) is 27.7 Å². The first-order valence-electron chi connectivity index (χ1n) is 33.0. The molecule has 31 nitrogen and oxygen atoms in total. The number of sulfonamides is 1. The highest BCUT2D eigenvalue weighted by molar-refractivity contribution is 8.13. The van der Waals surface area contributed by atoms with Gasteiger partial charge in [-0.2, -0.15) is 28.0 Å². The summed E-state index contributed by atoms with van der Waals surface area (Å²) in [5.74, 6) is 1.86. The second-order valence-corrected chi connectivity index (χ2v) is 29.7. The number of nitrogens with one attached hydrogen (secondary N) is 4. The molecule has 0 spiro atoms. The van der Waals surface area contributed by atoms with E-state index in [2.05, 4.69) is 50.5 Å². The van der Waals surface area contributed by atoms with E-state index < -0.39 is 47.0 Å². The maximum absolute atomic E-state index is 13.5. The zero-order valence-corrected chi connectivity index (χ0v) is 61.6. The maximum atomic E-state index is 13.5. The number of benzene rings is 3. The number of aromatic amines is 3. The van der Waals surface area contributed by atoms with E-state index in [1.54, 1.807) is 41.1 Å². The summed E-state index contributed by atoms with van der Waals surface area (Å²) >= 11 is 0. The van der Waals surface area contributed by atoms with Crippen LogP contribution in [-0.2, 0) is 69.6 Å². The first kappa shape index (κ1) is 80.6. The molecule has 36 heteroatoms. The number of hydrogen-bond acceptors (Lipinski definition) is 23. The smallest absolute Gasteiger partial charge is 0.294 e. The number of ether oxygens (including phenoxy) is 3. The molecular formula is C65H88Cl2N14O17S3. The fourth-order valence-corrected chi connectivity index (χ4v) is 14.7. The van der Waals surface area contributed by atoms with Crippen LogP contribution in [0.15, 0.2) is 83.7 Å². The van der Waals surface area contributed by atoms with Crippen LogP contribution in [0.3, 0.4) is 0 Å². The Morgan fingerprint density at radius 3 is 1.18 bits per heavy atom. The predicted octanol–water partition coefficient (Wildman–Crippen LogP) is 5.71. The van der Waals surface area contributed by atoms with E-state index in [0.717, 1.165) is 45.2 Å². The molecule has 9 aromatic rings. The SMILES string of the molecule is CCCc1nn(C)c2c(=O)[nH]c(-c3cc(S(=O)(=O)Cl)ccc3OCC)nc12.CCCc1nn(C)c2c(=O)[nH]c(-c3cc(S(=O)(=O)N4CCC([C@H](O)CO)CC4)ccc3OCC)nc12.CCCc1nn(C)c2c(=O)[nH]c(-c3cc(S(=O)(=O)O)ccc3OCC)nc12.Cl.OC[C@@H](O)C1CCNCC1. The van der Waals surface area contributed by atoms with Crippen molar-refractivity contribution in [2.75, 3.05) is 59.2 Å². The molecule has 552 valence electrons. The number of aliphatic hydroxyl groups is 4. The molecule has 3 aromatic carbocycles. The molecule has 0 aliphatic carbocycles. The van der Waals surface area contributed by atoms with Crippen molar-refractivity contribution >= 4 is 85.4 Å². The Morgan fingerprint density at radius 1 is 0.525 bits per heavy atom. The van der Waals surface area contributed by atoms with Crippen LogP contribution in [0, 0.1) is 11.8 Å². The lowest BCUT2D eigenvalue weighted by molar-refractivity contribution is 0.0278. The number of H-pyrrole nitrogens is 3. The second kappa shape index (κ2) is 35.4. The van der Waals surface area contributed by atoms with Gasteiger partial charge in [0.15, 0.2) is 16.6 Å². The summed E-state index contributed by atoms with van der Waals surface area (Å²) in [6.07, 6.45) is 6.02. The third kappa shape index (κ3) is 18.9. The van der Waals surface area contributed by atoms with Gasteiger partial charge in [0.25, 0.3) is 35.8 Å². The van der Waals surface area contributed by atoms with Crippen LogP contribution in [0.5, 0.6) is 17.2 Å². The number of aromatic nitrogens is 12. The van der Waals surface area contributed by atoms with Crippen molar-refractivity contribution in [3.8, 4) is 51.4 Å². The standard InChI is InChI=1S/C24H33N5O6S.C17H19ClN4O4S.C17H20N4O5S.C7H15NO2.ClH/c1-4-6-18-21-22(28(3)27-18)24(32)26-23(25-21)17-13-16(7-8-20(17)35-5-2)36(33,34)29-11-9-15(10-12-29)19(31)14-30;1-4-6-12-14-15(22(3)21-12)17(23)20-16(19-14)11-9-10(27(18,24)25)7-8-13(11)26-5-2;1-4-6-12-14-15(21(3)20-12)17(22)19-16(18-14)11-9-10(27(23,24)25)7-8-13(11)26-5-2;9-5-7(10)6-1-3-8-4-2-6;/h7-8,13,15,19,30-31H,4-6,9-12,14H2,1-3H3,(H,25,26,32);7-9H,4-6H2,1-3H3,(H,19,20,23);7-9H,4-6H2,1-3H3,(H,18,19,22)(H,23,24,25);6-10H,1-5H2;1H/t19-;;;7-;/m1..1./s1. The Morgan fingerprint density at radius 2 is 0.851 bits per heavy atom. The van der Waals surface area contributed by atoms with Crippen molar-refractivity contribution < 1.29 is 64.4 Å². The minimum Gasteiger partial charge on any atom is -0.493 e. The highest BCUT2D eigenvalue weighted by Gasteiger charge is 2.33. The van der Waals surface area contributed by atoms with Crippen molar-refractivity contribution in [2.24, 2.45) is 33.0 Å². The van der Waals surface area contributed by atoms with E-state index in [1.165, 1.54) is 66.9 Å². The van der Waals surface area contributed by atoms with Gasteiger partial charge in [0, 0.05) is 44.9 Å². The van der Waals surface area contributed by atoms with Gasteiger partial charge in [-0.3, -0.25) is 33.0 Å². The number of rotatable bonds is 23. The van der Waals surface area contributed by atoms with Crippen LogP contribution < -0.4 is 36.2 Å². The largest absolute Gasteiger partial charge is 0.493 e. The number of fused-ring (bicyclic) bond motifs is 3. The molecule has 8 heterocycles. The third-order valence-corrected chi connectivity index (χ3v) is 20.9. The fraction of sp³-hybridized carbons (Fsp3) is 0.492. The molecule has 2 saturated heterocycles. The number of hydrogen-bond donors (Lipinski definition) is 9. The molecule has 0 unspecified atom stereocenters. The molecule has 6 aromatic heterocycles. The maximum Gasteiger partial charge on any atom is 0.294 e. The summed E-state index contributed by atoms with van der Waals surface area (Å²) in [5, 5.41) is 53.3. The molecule has 2 fully saturated rings. The highest BCUT2D eigenvalue weighted by atomic mass is 35.7. The van der Waals surface area contributed by atoms with Crippen LogP contribution in [0.1, 0.15) is 104 Å². The molecule has 9 N–H and O–H groups in total. The Balaban J connectivity index is 0.000000200. The minimum atomic E-state index is -4.42. The van der Waals surface area contributed by atoms with E-state index in [0.29, 0.717) is 136 Å². The van der Waals surface area contributed by atoms with Crippen LogP contribution in [0.25, 0.3) is 67.3 Å². The number of nitrogens with zero attached hydrogens (tertiary/aromatic N) is 10. The fourth-order valence-electron chi connectivity index (χ4n) is 11.9. The van der Waals surface area contributed by atoms with Crippen LogP contribution in [-0.4, -0.2) is 185 Å². The summed E-state index contributed by atoms with van der Waals surface area (Å²) in [6, 6.07) is 12.6. The molecule has 2 atom stereocenters. The van der Waals surface area contributed by atoms with Crippen molar-refractivity contribution in [1.82, 2.24) is 68.9 Å². The molecule has 2 aliphatic rings. The van der Waals surface area contributed by atoms with E-state index in [-0.39, 0.29) is 93.5 Å². The van der Waals surface area contributed by atoms with Gasteiger partial charge in [0.2, 0.25) is 10.0 Å². The summed E-state index contributed by atoms with van der Waals surface area (Å²) in [7, 11) is -1.70. The Hall–Kier alpha value is -7.74. The molecule has 0 amide bonds. The van der Waals surface area contributed by atoms with Crippen LogP contribution in [0.2, 0.25) is 0 Å². The van der Waals surface area contributed by atoms with Gasteiger partial charge in [-0.05, 0) is 145 Å². The Labute approximate surface area is 594 Å². The summed E-state index contributed by atoms with van der Waals surface area (Å²) in [4.78, 5) is 59.7. The lowest BCUT2D eigenvalue weighted by Gasteiger charge is -2.33. The first-order chi connectivity index (χ1) is 47.6. The van der Waals surface area contributed by atoms with Gasteiger partial charge in [0.05, 0.1) is 93.7 Å². The zero-order valence-electron chi connectivity index (χ0n) is 57.6. The average Bonchev–Trinajstić information content (AvgIpc) is 1.71. The van der Waals surface area contributed by atoms with Crippen LogP contribution >= 0.6 is 23.1 Å². The van der Waals surface area contributed by atoms with E-state index >= 15 is 0 Å². The molecule has 101 heavy (non-hydrogen) atoms. The van der Waals surface area contributed by atoms with Gasteiger partial charge in [-0.1, -0.05) is 40.0 Å². The van der Waals surface area contributed by atoms with Gasteiger partial charge in [-0.25, -0.2) is 31.8 Å². The topological polar surface area (TPSA) is 437 Å². The summed E-state index contributed by atoms with van der Waals surface area (Å²) < 4.78 is 106. The van der Waals surface area contributed by atoms with Crippen molar-refractivity contribution in [3.63, 3.8) is 0 Å².